The van der Waals surface area contributed by atoms with Crippen LogP contribution in [0.2, 0.25) is 0 Å². The first-order chi connectivity index (χ1) is 13.1. The predicted octanol–water partition coefficient (Wildman–Crippen LogP) is 5.36. The lowest BCUT2D eigenvalue weighted by molar-refractivity contribution is -0.0526. The second kappa shape index (κ2) is 6.77. The Hall–Kier alpha value is -1.61. The van der Waals surface area contributed by atoms with Crippen LogP contribution in [0.1, 0.15) is 58.3 Å². The number of hydrogen-bond acceptors (Lipinski definition) is 3. The van der Waals surface area contributed by atoms with E-state index in [1.807, 2.05) is 30.3 Å². The first-order valence-corrected chi connectivity index (χ1v) is 10.8. The normalized spacial score (nSPS) is 42.1. The third-order valence-corrected chi connectivity index (χ3v) is 8.28. The number of nitrogens with zero attached hydrogens (tertiary/aromatic N) is 1. The highest BCUT2D eigenvalue weighted by atomic mass is 16.6. The van der Waals surface area contributed by atoms with Gasteiger partial charge in [-0.15, -0.1) is 0 Å². The third kappa shape index (κ3) is 2.95. The lowest BCUT2D eigenvalue weighted by Crippen LogP contribution is -2.47. The van der Waals surface area contributed by atoms with Crippen molar-refractivity contribution in [2.24, 2.45) is 34.2 Å². The van der Waals surface area contributed by atoms with E-state index in [0.29, 0.717) is 0 Å². The van der Waals surface area contributed by atoms with Crippen LogP contribution in [-0.4, -0.2) is 16.9 Å². The van der Waals surface area contributed by atoms with E-state index >= 15 is 0 Å². The molecule has 1 aromatic carbocycles. The minimum atomic E-state index is -0.0689. The molecular weight excluding hydrogens is 334 g/mol. The monoisotopic (exact) mass is 365 g/mol. The molecule has 6 atom stereocenters. The molecule has 0 spiro atoms. The molecule has 0 heterocycles. The van der Waals surface area contributed by atoms with Crippen LogP contribution in [-0.2, 0) is 0 Å². The average Bonchev–Trinajstić information content (AvgIpc) is 3.01. The molecule has 0 bridgehead atoms. The van der Waals surface area contributed by atoms with Gasteiger partial charge in [-0.05, 0) is 98.7 Å². The van der Waals surface area contributed by atoms with Crippen LogP contribution in [0, 0.1) is 29.1 Å². The molecule has 4 aliphatic carbocycles. The van der Waals surface area contributed by atoms with Crippen molar-refractivity contribution in [3.8, 4) is 5.75 Å². The highest BCUT2D eigenvalue weighted by Gasteiger charge is 2.55. The molecule has 3 fully saturated rings. The zero-order chi connectivity index (χ0) is 18.4. The van der Waals surface area contributed by atoms with E-state index < -0.39 is 0 Å². The quantitative estimate of drug-likeness (QED) is 0.717. The van der Waals surface area contributed by atoms with E-state index in [4.69, 9.17) is 4.84 Å². The second-order valence-corrected chi connectivity index (χ2v) is 9.46. The third-order valence-electron chi connectivity index (χ3n) is 8.28. The van der Waals surface area contributed by atoms with Gasteiger partial charge in [0.15, 0.2) is 5.75 Å². The van der Waals surface area contributed by atoms with Crippen LogP contribution in [0.3, 0.4) is 0 Å². The Balaban J connectivity index is 1.32. The zero-order valence-corrected chi connectivity index (χ0v) is 16.3. The molecule has 3 saturated carbocycles. The van der Waals surface area contributed by atoms with Crippen LogP contribution in [0.5, 0.6) is 5.75 Å². The van der Waals surface area contributed by atoms with Gasteiger partial charge in [-0.1, -0.05) is 35.9 Å². The smallest absolute Gasteiger partial charge is 0.157 e. The van der Waals surface area contributed by atoms with E-state index in [1.165, 1.54) is 38.5 Å². The van der Waals surface area contributed by atoms with Gasteiger partial charge in [0.2, 0.25) is 0 Å². The van der Waals surface area contributed by atoms with Crippen LogP contribution in [0.15, 0.2) is 47.1 Å². The highest BCUT2D eigenvalue weighted by Crippen LogP contribution is 2.61. The van der Waals surface area contributed by atoms with Crippen LogP contribution in [0.4, 0.5) is 0 Å². The van der Waals surface area contributed by atoms with E-state index in [0.717, 1.165) is 48.0 Å². The summed E-state index contributed by atoms with van der Waals surface area (Å²) < 4.78 is 0. The van der Waals surface area contributed by atoms with Gasteiger partial charge in [0, 0.05) is 0 Å². The van der Waals surface area contributed by atoms with Gasteiger partial charge in [-0.3, -0.25) is 0 Å². The maximum absolute atomic E-state index is 10.6. The second-order valence-electron chi connectivity index (χ2n) is 9.46. The summed E-state index contributed by atoms with van der Waals surface area (Å²) in [5.41, 5.74) is 2.90. The highest BCUT2D eigenvalue weighted by molar-refractivity contribution is 5.96. The van der Waals surface area contributed by atoms with Gasteiger partial charge in [-0.2, -0.15) is 0 Å². The summed E-state index contributed by atoms with van der Waals surface area (Å²) in [5.74, 6) is 3.93. The lowest BCUT2D eigenvalue weighted by Gasteiger charge is -2.53. The number of aliphatic hydroxyl groups excluding tert-OH is 1. The van der Waals surface area contributed by atoms with E-state index in [1.54, 1.807) is 5.57 Å². The maximum atomic E-state index is 10.6. The summed E-state index contributed by atoms with van der Waals surface area (Å²) in [7, 11) is 0. The molecule has 1 N–H and O–H groups in total. The van der Waals surface area contributed by atoms with Crippen molar-refractivity contribution < 1.29 is 9.94 Å². The van der Waals surface area contributed by atoms with Crippen molar-refractivity contribution in [1.82, 2.24) is 0 Å². The van der Waals surface area contributed by atoms with E-state index in [2.05, 4.69) is 18.2 Å². The molecule has 1 aromatic rings. The summed E-state index contributed by atoms with van der Waals surface area (Å²) in [6, 6.07) is 9.84. The van der Waals surface area contributed by atoms with Crippen molar-refractivity contribution in [3.05, 3.63) is 42.0 Å². The summed E-state index contributed by atoms with van der Waals surface area (Å²) in [4.78, 5) is 5.63. The van der Waals surface area contributed by atoms with Gasteiger partial charge in [-0.25, -0.2) is 0 Å². The van der Waals surface area contributed by atoms with E-state index in [-0.39, 0.29) is 11.5 Å². The van der Waals surface area contributed by atoms with Crippen molar-refractivity contribution in [3.63, 3.8) is 0 Å². The molecule has 27 heavy (non-hydrogen) atoms. The number of rotatable bonds is 2. The molecule has 0 unspecified atom stereocenters. The molecule has 5 rings (SSSR count). The topological polar surface area (TPSA) is 41.8 Å². The van der Waals surface area contributed by atoms with Crippen LogP contribution < -0.4 is 4.84 Å². The lowest BCUT2D eigenvalue weighted by atomic mass is 9.52. The molecule has 0 aromatic heterocycles. The van der Waals surface area contributed by atoms with Crippen molar-refractivity contribution in [2.75, 3.05) is 0 Å². The Morgan fingerprint density at radius 3 is 2.70 bits per heavy atom. The number of benzene rings is 1. The minimum absolute atomic E-state index is 0.0689. The SMILES string of the molecule is C[C@]12CC[C@H]3[C@@H](CCC4=CC(=NOc5ccccc5)CC[C@@H]43)[C@@H]1CC[C@@H]2O. The minimum Gasteiger partial charge on any atom is -0.393 e. The van der Waals surface area contributed by atoms with Gasteiger partial charge in [0.1, 0.15) is 0 Å². The molecule has 0 radical (unpaired) electrons. The fourth-order valence-corrected chi connectivity index (χ4v) is 6.83. The molecule has 4 aliphatic rings. The molecule has 144 valence electrons. The van der Waals surface area contributed by atoms with Crippen molar-refractivity contribution in [1.29, 1.82) is 0 Å². The molecule has 0 aliphatic heterocycles. The fourth-order valence-electron chi connectivity index (χ4n) is 6.83. The Morgan fingerprint density at radius 2 is 1.85 bits per heavy atom. The zero-order valence-electron chi connectivity index (χ0n) is 16.3. The largest absolute Gasteiger partial charge is 0.393 e. The number of hydrogen-bond donors (Lipinski definition) is 1. The molecule has 0 saturated heterocycles. The Morgan fingerprint density at radius 1 is 1.00 bits per heavy atom. The number of fused-ring (bicyclic) bond motifs is 5. The Kier molecular flexibility index (Phi) is 4.39. The Bertz CT molecular complexity index is 755. The fraction of sp³-hybridized carbons (Fsp3) is 0.625. The first-order valence-electron chi connectivity index (χ1n) is 10.8. The number of para-hydroxylation sites is 1. The number of aliphatic hydroxyl groups is 1. The summed E-state index contributed by atoms with van der Waals surface area (Å²) >= 11 is 0. The van der Waals surface area contributed by atoms with Gasteiger partial charge in [0.05, 0.1) is 11.8 Å². The van der Waals surface area contributed by atoms with Gasteiger partial charge < -0.3 is 9.94 Å². The Labute approximate surface area is 162 Å². The number of oxime groups is 1. The average molecular weight is 366 g/mol. The van der Waals surface area contributed by atoms with E-state index in [9.17, 15) is 5.11 Å². The molecule has 0 amide bonds. The maximum Gasteiger partial charge on any atom is 0.157 e. The standard InChI is InChI=1S/C24H31NO2/c1-24-14-13-20-19-10-8-17(25-27-18-5-3-2-4-6-18)15-16(19)7-9-21(20)22(24)11-12-23(24)26/h2-6,15,19-23,26H,7-14H2,1H3/t19-,20+,21+,22-,23-,24-/m0/s1. The van der Waals surface area contributed by atoms with Gasteiger partial charge >= 0.3 is 0 Å². The first kappa shape index (κ1) is 17.5. The van der Waals surface area contributed by atoms with Crippen LogP contribution in [0.25, 0.3) is 0 Å². The molecule has 3 nitrogen and oxygen atoms in total. The predicted molar refractivity (Wildman–Crippen MR) is 108 cm³/mol. The molecular formula is C24H31NO2. The van der Waals surface area contributed by atoms with Crippen molar-refractivity contribution >= 4 is 5.71 Å². The summed E-state index contributed by atoms with van der Waals surface area (Å²) in [6.45, 7) is 2.36. The summed E-state index contributed by atoms with van der Waals surface area (Å²) in [6.07, 6.45) is 11.8. The van der Waals surface area contributed by atoms with Gasteiger partial charge in [0.25, 0.3) is 0 Å². The van der Waals surface area contributed by atoms with Crippen molar-refractivity contribution in [2.45, 2.75) is 64.4 Å². The molecule has 3 heteroatoms. The van der Waals surface area contributed by atoms with Crippen LogP contribution >= 0.6 is 0 Å². The summed E-state index contributed by atoms with van der Waals surface area (Å²) in [5, 5.41) is 15.0. The number of allylic oxidation sites excluding steroid dienone is 2.